The molecule has 1 aliphatic rings. The monoisotopic (exact) mass is 247 g/mol. The average Bonchev–Trinajstić information content (AvgIpc) is 2.59. The Morgan fingerprint density at radius 1 is 1.06 bits per heavy atom. The second-order valence-corrected chi connectivity index (χ2v) is 4.47. The van der Waals surface area contributed by atoms with Gasteiger partial charge in [0.2, 0.25) is 6.79 Å². The molecule has 94 valence electrons. The van der Waals surface area contributed by atoms with Gasteiger partial charge in [0.05, 0.1) is 5.56 Å². The highest BCUT2D eigenvalue weighted by Crippen LogP contribution is 2.43. The van der Waals surface area contributed by atoms with E-state index < -0.39 is 17.3 Å². The van der Waals surface area contributed by atoms with Crippen molar-refractivity contribution in [1.82, 2.24) is 0 Å². The maximum atomic E-state index is 12.9. The van der Waals surface area contributed by atoms with E-state index in [0.29, 0.717) is 5.75 Å². The van der Waals surface area contributed by atoms with Gasteiger partial charge in [-0.05, 0) is 31.5 Å². The van der Waals surface area contributed by atoms with E-state index in [1.807, 2.05) is 0 Å². The highest BCUT2D eigenvalue weighted by atomic mass is 19.4. The van der Waals surface area contributed by atoms with E-state index in [9.17, 15) is 13.2 Å². The van der Waals surface area contributed by atoms with Crippen LogP contribution in [0.15, 0.2) is 12.1 Å². The van der Waals surface area contributed by atoms with Crippen molar-refractivity contribution in [3.05, 3.63) is 23.3 Å². The smallest absolute Gasteiger partial charge is 0.416 e. The standard InChI is InChI=1S/C11H12F3NO2/c1-10(2,15)6-3-8-9(17-5-16-8)4-7(6)11(12,13)14/h3-4H,5,15H2,1-2H3. The number of nitrogens with two attached hydrogens (primary N) is 1. The van der Waals surface area contributed by atoms with Gasteiger partial charge >= 0.3 is 6.18 Å². The lowest BCUT2D eigenvalue weighted by atomic mass is 9.90. The van der Waals surface area contributed by atoms with Gasteiger partial charge < -0.3 is 15.2 Å². The summed E-state index contributed by atoms with van der Waals surface area (Å²) in [6.07, 6.45) is -4.47. The Bertz CT molecular complexity index is 408. The van der Waals surface area contributed by atoms with Crippen molar-refractivity contribution in [3.8, 4) is 11.5 Å². The highest BCUT2D eigenvalue weighted by molar-refractivity contribution is 5.51. The highest BCUT2D eigenvalue weighted by Gasteiger charge is 2.38. The molecule has 0 aromatic heterocycles. The third-order valence-electron chi connectivity index (χ3n) is 2.51. The number of alkyl halides is 3. The number of benzene rings is 1. The minimum Gasteiger partial charge on any atom is -0.454 e. The molecule has 0 amide bonds. The zero-order chi connectivity index (χ0) is 12.8. The van der Waals surface area contributed by atoms with Gasteiger partial charge in [0.25, 0.3) is 0 Å². The molecule has 1 aliphatic heterocycles. The van der Waals surface area contributed by atoms with Crippen molar-refractivity contribution in [2.75, 3.05) is 6.79 Å². The van der Waals surface area contributed by atoms with Crippen LogP contribution in [0.4, 0.5) is 13.2 Å². The largest absolute Gasteiger partial charge is 0.454 e. The quantitative estimate of drug-likeness (QED) is 0.829. The first-order valence-corrected chi connectivity index (χ1v) is 5.00. The first-order valence-electron chi connectivity index (χ1n) is 5.00. The Morgan fingerprint density at radius 2 is 1.53 bits per heavy atom. The minimum absolute atomic E-state index is 0.00532. The first-order chi connectivity index (χ1) is 7.69. The number of hydrogen-bond donors (Lipinski definition) is 1. The van der Waals surface area contributed by atoms with E-state index in [-0.39, 0.29) is 18.1 Å². The molecule has 1 aromatic rings. The lowest BCUT2D eigenvalue weighted by Crippen LogP contribution is -2.31. The van der Waals surface area contributed by atoms with E-state index in [0.717, 1.165) is 6.07 Å². The first kappa shape index (κ1) is 12.0. The SMILES string of the molecule is CC(C)(N)c1cc2c(cc1C(F)(F)F)OCO2. The zero-order valence-corrected chi connectivity index (χ0v) is 9.39. The molecule has 1 aromatic carbocycles. The summed E-state index contributed by atoms with van der Waals surface area (Å²) in [6, 6.07) is 2.23. The number of rotatable bonds is 1. The van der Waals surface area contributed by atoms with E-state index in [2.05, 4.69) is 0 Å². The van der Waals surface area contributed by atoms with Crippen LogP contribution in [0.5, 0.6) is 11.5 Å². The average molecular weight is 247 g/mol. The number of fused-ring (bicyclic) bond motifs is 1. The fraction of sp³-hybridized carbons (Fsp3) is 0.455. The second-order valence-electron chi connectivity index (χ2n) is 4.47. The molecule has 0 atom stereocenters. The van der Waals surface area contributed by atoms with Crippen LogP contribution in [0.1, 0.15) is 25.0 Å². The predicted molar refractivity (Wildman–Crippen MR) is 54.8 cm³/mol. The third kappa shape index (κ3) is 2.17. The molecule has 3 nitrogen and oxygen atoms in total. The fourth-order valence-corrected chi connectivity index (χ4v) is 1.71. The van der Waals surface area contributed by atoms with Gasteiger partial charge in [0.15, 0.2) is 11.5 Å². The Labute approximate surface area is 96.3 Å². The lowest BCUT2D eigenvalue weighted by Gasteiger charge is -2.24. The van der Waals surface area contributed by atoms with Gasteiger partial charge in [-0.2, -0.15) is 13.2 Å². The summed E-state index contributed by atoms with van der Waals surface area (Å²) in [5.41, 5.74) is 3.86. The van der Waals surface area contributed by atoms with E-state index in [4.69, 9.17) is 15.2 Å². The van der Waals surface area contributed by atoms with E-state index in [1.54, 1.807) is 0 Å². The summed E-state index contributed by atoms with van der Waals surface area (Å²) < 4.78 is 48.7. The summed E-state index contributed by atoms with van der Waals surface area (Å²) in [4.78, 5) is 0. The van der Waals surface area contributed by atoms with Crippen LogP contribution in [-0.2, 0) is 11.7 Å². The summed E-state index contributed by atoms with van der Waals surface area (Å²) in [6.45, 7) is 2.96. The zero-order valence-electron chi connectivity index (χ0n) is 9.39. The molecule has 0 radical (unpaired) electrons. The molecule has 2 rings (SSSR count). The molecule has 17 heavy (non-hydrogen) atoms. The van der Waals surface area contributed by atoms with Crippen LogP contribution in [0.3, 0.4) is 0 Å². The third-order valence-corrected chi connectivity index (χ3v) is 2.51. The van der Waals surface area contributed by atoms with Gasteiger partial charge in [-0.3, -0.25) is 0 Å². The number of halogens is 3. The van der Waals surface area contributed by atoms with Crippen molar-refractivity contribution < 1.29 is 22.6 Å². The second kappa shape index (κ2) is 3.53. The van der Waals surface area contributed by atoms with Gasteiger partial charge in [-0.15, -0.1) is 0 Å². The van der Waals surface area contributed by atoms with Crippen molar-refractivity contribution in [1.29, 1.82) is 0 Å². The molecule has 0 unspecified atom stereocenters. The van der Waals surface area contributed by atoms with Crippen molar-refractivity contribution in [2.45, 2.75) is 25.6 Å². The van der Waals surface area contributed by atoms with Gasteiger partial charge in [0.1, 0.15) is 0 Å². The molecule has 0 fully saturated rings. The molecule has 6 heteroatoms. The van der Waals surface area contributed by atoms with Crippen LogP contribution >= 0.6 is 0 Å². The number of ether oxygens (including phenoxy) is 2. The predicted octanol–water partition coefficient (Wildman–Crippen LogP) is 2.63. The molecule has 2 N–H and O–H groups in total. The van der Waals surface area contributed by atoms with Crippen LogP contribution in [0.2, 0.25) is 0 Å². The Balaban J connectivity index is 2.64. The van der Waals surface area contributed by atoms with Crippen LogP contribution in [0.25, 0.3) is 0 Å². The minimum atomic E-state index is -4.47. The van der Waals surface area contributed by atoms with E-state index >= 15 is 0 Å². The maximum Gasteiger partial charge on any atom is 0.416 e. The molecule has 0 saturated heterocycles. The van der Waals surface area contributed by atoms with Crippen molar-refractivity contribution in [2.24, 2.45) is 5.73 Å². The van der Waals surface area contributed by atoms with Crippen LogP contribution < -0.4 is 15.2 Å². The summed E-state index contributed by atoms with van der Waals surface area (Å²) in [5, 5.41) is 0. The molecule has 1 heterocycles. The van der Waals surface area contributed by atoms with Gasteiger partial charge in [0, 0.05) is 5.54 Å². The molecule has 0 spiro atoms. The normalized spacial score (nSPS) is 15.2. The van der Waals surface area contributed by atoms with Crippen molar-refractivity contribution in [3.63, 3.8) is 0 Å². The summed E-state index contributed by atoms with van der Waals surface area (Å²) in [7, 11) is 0. The fourth-order valence-electron chi connectivity index (χ4n) is 1.71. The van der Waals surface area contributed by atoms with Gasteiger partial charge in [-0.25, -0.2) is 0 Å². The van der Waals surface area contributed by atoms with E-state index in [1.165, 1.54) is 19.9 Å². The molecular formula is C11H12F3NO2. The summed E-state index contributed by atoms with van der Waals surface area (Å²) in [5.74, 6) is 0.400. The Kier molecular flexibility index (Phi) is 2.50. The molecular weight excluding hydrogens is 235 g/mol. The maximum absolute atomic E-state index is 12.9. The molecule has 0 bridgehead atoms. The van der Waals surface area contributed by atoms with Crippen molar-refractivity contribution >= 4 is 0 Å². The van der Waals surface area contributed by atoms with Crippen LogP contribution in [0, 0.1) is 0 Å². The Hall–Kier alpha value is -1.43. The molecule has 0 aliphatic carbocycles. The Morgan fingerprint density at radius 3 is 1.94 bits per heavy atom. The van der Waals surface area contributed by atoms with Crippen LogP contribution in [-0.4, -0.2) is 6.79 Å². The number of hydrogen-bond acceptors (Lipinski definition) is 3. The lowest BCUT2D eigenvalue weighted by molar-refractivity contribution is -0.138. The molecule has 0 saturated carbocycles. The summed E-state index contributed by atoms with van der Waals surface area (Å²) >= 11 is 0. The van der Waals surface area contributed by atoms with Gasteiger partial charge in [-0.1, -0.05) is 0 Å². The topological polar surface area (TPSA) is 44.5 Å².